The van der Waals surface area contributed by atoms with Crippen molar-refractivity contribution in [2.75, 3.05) is 31.2 Å². The van der Waals surface area contributed by atoms with Crippen LogP contribution in [0.3, 0.4) is 0 Å². The van der Waals surface area contributed by atoms with Gasteiger partial charge in [0.05, 0.1) is 24.9 Å². The Morgan fingerprint density at radius 1 is 1.23 bits per heavy atom. The molecule has 0 bridgehead atoms. The summed E-state index contributed by atoms with van der Waals surface area (Å²) in [6, 6.07) is 11.7. The average molecular weight is 298 g/mol. The SMILES string of the molecule is N#C/C(=C\c1ccc(N2CCOCC2)o1)c1cccc(F)c1. The summed E-state index contributed by atoms with van der Waals surface area (Å²) in [5.74, 6) is 0.959. The van der Waals surface area contributed by atoms with Gasteiger partial charge in [-0.3, -0.25) is 0 Å². The fraction of sp³-hybridized carbons (Fsp3) is 0.235. The second-order valence-corrected chi connectivity index (χ2v) is 4.96. The highest BCUT2D eigenvalue weighted by Gasteiger charge is 2.14. The summed E-state index contributed by atoms with van der Waals surface area (Å²) in [6.07, 6.45) is 1.62. The van der Waals surface area contributed by atoms with Crippen molar-refractivity contribution in [3.05, 3.63) is 53.5 Å². The van der Waals surface area contributed by atoms with Gasteiger partial charge in [-0.25, -0.2) is 4.39 Å². The Hall–Kier alpha value is -2.58. The molecule has 0 unspecified atom stereocenters. The Bertz CT molecular complexity index is 724. The van der Waals surface area contributed by atoms with Gasteiger partial charge in [-0.2, -0.15) is 5.26 Å². The zero-order valence-corrected chi connectivity index (χ0v) is 12.0. The van der Waals surface area contributed by atoms with E-state index in [1.165, 1.54) is 12.1 Å². The Kier molecular flexibility index (Phi) is 4.22. The van der Waals surface area contributed by atoms with E-state index in [2.05, 4.69) is 11.0 Å². The summed E-state index contributed by atoms with van der Waals surface area (Å²) in [5, 5.41) is 9.28. The maximum absolute atomic E-state index is 13.3. The molecule has 5 heteroatoms. The van der Waals surface area contributed by atoms with Crippen LogP contribution in [0.1, 0.15) is 11.3 Å². The molecule has 3 rings (SSSR count). The molecule has 0 N–H and O–H groups in total. The third-order valence-electron chi connectivity index (χ3n) is 3.48. The molecular formula is C17H15FN2O2. The van der Waals surface area contributed by atoms with E-state index in [4.69, 9.17) is 9.15 Å². The van der Waals surface area contributed by atoms with Crippen LogP contribution < -0.4 is 4.90 Å². The van der Waals surface area contributed by atoms with Gasteiger partial charge in [-0.15, -0.1) is 0 Å². The van der Waals surface area contributed by atoms with Gasteiger partial charge in [0.1, 0.15) is 11.6 Å². The Balaban J connectivity index is 1.84. The molecule has 112 valence electrons. The largest absolute Gasteiger partial charge is 0.441 e. The predicted molar refractivity (Wildman–Crippen MR) is 81.6 cm³/mol. The first kappa shape index (κ1) is 14.4. The van der Waals surface area contributed by atoms with E-state index in [0.717, 1.165) is 19.0 Å². The van der Waals surface area contributed by atoms with Crippen LogP contribution in [0, 0.1) is 17.1 Å². The molecule has 1 aliphatic heterocycles. The zero-order chi connectivity index (χ0) is 15.4. The maximum Gasteiger partial charge on any atom is 0.196 e. The van der Waals surface area contributed by atoms with Gasteiger partial charge in [-0.1, -0.05) is 12.1 Å². The molecule has 2 heterocycles. The van der Waals surface area contributed by atoms with E-state index in [1.807, 2.05) is 6.07 Å². The van der Waals surface area contributed by atoms with Gasteiger partial charge < -0.3 is 14.1 Å². The van der Waals surface area contributed by atoms with Crippen LogP contribution in [0.5, 0.6) is 0 Å². The standard InChI is InChI=1S/C17H15FN2O2/c18-15-3-1-2-13(10-15)14(12-19)11-16-4-5-17(22-16)20-6-8-21-9-7-20/h1-5,10-11H,6-9H2/b14-11+. The van der Waals surface area contributed by atoms with Gasteiger partial charge >= 0.3 is 0 Å². The zero-order valence-electron chi connectivity index (χ0n) is 12.0. The molecule has 0 radical (unpaired) electrons. The summed E-state index contributed by atoms with van der Waals surface area (Å²) in [4.78, 5) is 2.09. The number of nitriles is 1. The number of anilines is 1. The third kappa shape index (κ3) is 3.18. The molecular weight excluding hydrogens is 283 g/mol. The fourth-order valence-corrected chi connectivity index (χ4v) is 2.35. The van der Waals surface area contributed by atoms with E-state index in [-0.39, 0.29) is 5.82 Å². The first-order chi connectivity index (χ1) is 10.8. The van der Waals surface area contributed by atoms with Gasteiger partial charge in [0.25, 0.3) is 0 Å². The number of hydrogen-bond donors (Lipinski definition) is 0. The van der Waals surface area contributed by atoms with E-state index in [0.29, 0.717) is 30.1 Å². The summed E-state index contributed by atoms with van der Waals surface area (Å²) in [7, 11) is 0. The highest BCUT2D eigenvalue weighted by atomic mass is 19.1. The van der Waals surface area contributed by atoms with Crippen molar-refractivity contribution >= 4 is 17.5 Å². The summed E-state index contributed by atoms with van der Waals surface area (Å²) in [5.41, 5.74) is 0.897. The lowest BCUT2D eigenvalue weighted by molar-refractivity contribution is 0.120. The lowest BCUT2D eigenvalue weighted by Gasteiger charge is -2.26. The molecule has 1 aromatic heterocycles. The minimum Gasteiger partial charge on any atom is -0.441 e. The highest BCUT2D eigenvalue weighted by molar-refractivity contribution is 5.88. The van der Waals surface area contributed by atoms with Crippen LogP contribution in [-0.4, -0.2) is 26.3 Å². The Labute approximate surface area is 128 Å². The second-order valence-electron chi connectivity index (χ2n) is 4.96. The smallest absolute Gasteiger partial charge is 0.196 e. The number of morpholine rings is 1. The highest BCUT2D eigenvalue weighted by Crippen LogP contribution is 2.24. The minimum atomic E-state index is -0.368. The molecule has 22 heavy (non-hydrogen) atoms. The predicted octanol–water partition coefficient (Wildman–Crippen LogP) is 3.32. The van der Waals surface area contributed by atoms with Gasteiger partial charge in [0, 0.05) is 19.2 Å². The lowest BCUT2D eigenvalue weighted by atomic mass is 10.1. The van der Waals surface area contributed by atoms with Crippen LogP contribution in [0.4, 0.5) is 10.3 Å². The molecule has 0 amide bonds. The second kappa shape index (κ2) is 6.46. The summed E-state index contributed by atoms with van der Waals surface area (Å²) < 4.78 is 24.3. The topological polar surface area (TPSA) is 49.4 Å². The molecule has 1 fully saturated rings. The normalized spacial score (nSPS) is 15.6. The first-order valence-electron chi connectivity index (χ1n) is 7.06. The van der Waals surface area contributed by atoms with Crippen LogP contribution >= 0.6 is 0 Å². The van der Waals surface area contributed by atoms with Crippen molar-refractivity contribution in [2.45, 2.75) is 0 Å². The van der Waals surface area contributed by atoms with E-state index in [9.17, 15) is 9.65 Å². The van der Waals surface area contributed by atoms with Crippen molar-refractivity contribution in [1.82, 2.24) is 0 Å². The quantitative estimate of drug-likeness (QED) is 0.816. The molecule has 2 aromatic rings. The molecule has 1 aliphatic rings. The molecule has 4 nitrogen and oxygen atoms in total. The molecule has 1 saturated heterocycles. The molecule has 0 aliphatic carbocycles. The van der Waals surface area contributed by atoms with Gasteiger partial charge in [0.15, 0.2) is 5.88 Å². The van der Waals surface area contributed by atoms with Crippen LogP contribution in [0.15, 0.2) is 40.8 Å². The first-order valence-corrected chi connectivity index (χ1v) is 7.06. The lowest BCUT2D eigenvalue weighted by Crippen LogP contribution is -2.35. The number of hydrogen-bond acceptors (Lipinski definition) is 4. The van der Waals surface area contributed by atoms with Crippen LogP contribution in [-0.2, 0) is 4.74 Å². The number of rotatable bonds is 3. The van der Waals surface area contributed by atoms with Crippen molar-refractivity contribution < 1.29 is 13.5 Å². The minimum absolute atomic E-state index is 0.363. The van der Waals surface area contributed by atoms with Crippen molar-refractivity contribution in [3.63, 3.8) is 0 Å². The van der Waals surface area contributed by atoms with Crippen LogP contribution in [0.2, 0.25) is 0 Å². The number of allylic oxidation sites excluding steroid dienone is 1. The van der Waals surface area contributed by atoms with E-state index >= 15 is 0 Å². The van der Waals surface area contributed by atoms with E-state index < -0.39 is 0 Å². The van der Waals surface area contributed by atoms with Crippen molar-refractivity contribution in [3.8, 4) is 6.07 Å². The summed E-state index contributed by atoms with van der Waals surface area (Å²) in [6.45, 7) is 2.93. The van der Waals surface area contributed by atoms with Crippen LogP contribution in [0.25, 0.3) is 11.6 Å². The average Bonchev–Trinajstić information content (AvgIpc) is 3.02. The molecule has 1 aromatic carbocycles. The number of halogens is 1. The Morgan fingerprint density at radius 3 is 2.77 bits per heavy atom. The Morgan fingerprint density at radius 2 is 2.05 bits per heavy atom. The van der Waals surface area contributed by atoms with Gasteiger partial charge in [0.2, 0.25) is 0 Å². The fourth-order valence-electron chi connectivity index (χ4n) is 2.35. The monoisotopic (exact) mass is 298 g/mol. The molecule has 0 atom stereocenters. The maximum atomic E-state index is 13.3. The van der Waals surface area contributed by atoms with Crippen molar-refractivity contribution in [2.24, 2.45) is 0 Å². The van der Waals surface area contributed by atoms with E-state index in [1.54, 1.807) is 24.3 Å². The molecule has 0 spiro atoms. The summed E-state index contributed by atoms with van der Waals surface area (Å²) >= 11 is 0. The number of ether oxygens (including phenoxy) is 1. The third-order valence-corrected chi connectivity index (χ3v) is 3.48. The number of nitrogens with zero attached hydrogens (tertiary/aromatic N) is 2. The number of benzene rings is 1. The number of furan rings is 1. The van der Waals surface area contributed by atoms with Crippen molar-refractivity contribution in [1.29, 1.82) is 5.26 Å². The van der Waals surface area contributed by atoms with Gasteiger partial charge in [-0.05, 0) is 29.8 Å². The molecule has 0 saturated carbocycles.